The van der Waals surface area contributed by atoms with E-state index in [0.29, 0.717) is 11.8 Å². The van der Waals surface area contributed by atoms with Gasteiger partial charge in [0.15, 0.2) is 6.29 Å². The Kier molecular flexibility index (Phi) is 2.84. The van der Waals surface area contributed by atoms with Crippen molar-refractivity contribution in [3.63, 3.8) is 0 Å². The van der Waals surface area contributed by atoms with E-state index in [2.05, 4.69) is 0 Å². The van der Waals surface area contributed by atoms with Crippen molar-refractivity contribution < 1.29 is 9.18 Å². The van der Waals surface area contributed by atoms with Crippen LogP contribution in [0.3, 0.4) is 0 Å². The molecule has 0 bridgehead atoms. The molecule has 0 atom stereocenters. The van der Waals surface area contributed by atoms with Gasteiger partial charge in [-0.3, -0.25) is 4.79 Å². The number of aldehydes is 1. The zero-order chi connectivity index (χ0) is 13.2. The zero-order valence-corrected chi connectivity index (χ0v) is 10.1. The van der Waals surface area contributed by atoms with Crippen molar-refractivity contribution in [2.24, 2.45) is 0 Å². The van der Waals surface area contributed by atoms with E-state index in [4.69, 9.17) is 0 Å². The van der Waals surface area contributed by atoms with Gasteiger partial charge in [0.25, 0.3) is 0 Å². The summed E-state index contributed by atoms with van der Waals surface area (Å²) in [5, 5.41) is 2.24. The minimum Gasteiger partial charge on any atom is -0.298 e. The summed E-state index contributed by atoms with van der Waals surface area (Å²) >= 11 is 0. The number of rotatable bonds is 2. The van der Waals surface area contributed by atoms with Gasteiger partial charge in [-0.05, 0) is 40.1 Å². The van der Waals surface area contributed by atoms with Crippen molar-refractivity contribution in [3.05, 3.63) is 72.0 Å². The van der Waals surface area contributed by atoms with Crippen molar-refractivity contribution in [1.82, 2.24) is 0 Å². The number of hydrogen-bond donors (Lipinski definition) is 0. The number of halogens is 1. The number of fused-ring (bicyclic) bond motifs is 1. The highest BCUT2D eigenvalue weighted by molar-refractivity contribution is 5.92. The molecule has 92 valence electrons. The van der Waals surface area contributed by atoms with Crippen LogP contribution in [-0.4, -0.2) is 6.29 Å². The lowest BCUT2D eigenvalue weighted by molar-refractivity contribution is 0.112. The molecule has 0 radical (unpaired) electrons. The van der Waals surface area contributed by atoms with Gasteiger partial charge >= 0.3 is 0 Å². The van der Waals surface area contributed by atoms with Crippen LogP contribution in [0.1, 0.15) is 10.4 Å². The molecule has 0 aliphatic carbocycles. The van der Waals surface area contributed by atoms with E-state index in [0.717, 1.165) is 21.9 Å². The molecule has 3 rings (SSSR count). The van der Waals surface area contributed by atoms with Gasteiger partial charge in [-0.15, -0.1) is 0 Å². The molecule has 0 heterocycles. The Morgan fingerprint density at radius 1 is 0.842 bits per heavy atom. The summed E-state index contributed by atoms with van der Waals surface area (Å²) in [6, 6.07) is 18.2. The fourth-order valence-corrected chi connectivity index (χ4v) is 2.25. The summed E-state index contributed by atoms with van der Waals surface area (Å²) in [6.45, 7) is 0. The Labute approximate surface area is 110 Å². The molecule has 1 nitrogen and oxygen atoms in total. The van der Waals surface area contributed by atoms with Crippen LogP contribution in [-0.2, 0) is 0 Å². The second-order valence-electron chi connectivity index (χ2n) is 4.41. The number of benzene rings is 3. The molecule has 19 heavy (non-hydrogen) atoms. The molecule has 0 spiro atoms. The third-order valence-corrected chi connectivity index (χ3v) is 3.20. The summed E-state index contributed by atoms with van der Waals surface area (Å²) in [4.78, 5) is 11.0. The molecule has 2 heteroatoms. The number of carbonyl (C=O) groups excluding carboxylic acids is 1. The molecule has 0 fully saturated rings. The predicted octanol–water partition coefficient (Wildman–Crippen LogP) is 4.46. The van der Waals surface area contributed by atoms with E-state index in [1.165, 1.54) is 12.1 Å². The highest BCUT2D eigenvalue weighted by Gasteiger charge is 2.06. The Hall–Kier alpha value is -2.48. The smallest absolute Gasteiger partial charge is 0.150 e. The molecule has 3 aromatic rings. The molecular weight excluding hydrogens is 239 g/mol. The molecule has 0 aliphatic rings. The summed E-state index contributed by atoms with van der Waals surface area (Å²) in [7, 11) is 0. The molecule has 0 saturated carbocycles. The third-order valence-electron chi connectivity index (χ3n) is 3.20. The Morgan fingerprint density at radius 2 is 1.63 bits per heavy atom. The standard InChI is InChI=1S/C17H11FO/c18-16-7-8-17(15(10-16)11-19)14-6-5-12-3-1-2-4-13(12)9-14/h1-11H. The van der Waals surface area contributed by atoms with E-state index in [9.17, 15) is 9.18 Å². The van der Waals surface area contributed by atoms with E-state index in [-0.39, 0.29) is 0 Å². The molecule has 0 unspecified atom stereocenters. The largest absolute Gasteiger partial charge is 0.298 e. The van der Waals surface area contributed by atoms with Crippen molar-refractivity contribution in [3.8, 4) is 11.1 Å². The first-order chi connectivity index (χ1) is 9.28. The summed E-state index contributed by atoms with van der Waals surface area (Å²) < 4.78 is 13.1. The van der Waals surface area contributed by atoms with E-state index < -0.39 is 5.82 Å². The van der Waals surface area contributed by atoms with Gasteiger partial charge in [0.05, 0.1) is 0 Å². The third kappa shape index (κ3) is 2.13. The SMILES string of the molecule is O=Cc1cc(F)ccc1-c1ccc2ccccc2c1. The van der Waals surface area contributed by atoms with Crippen LogP contribution in [0.25, 0.3) is 21.9 Å². The first-order valence-corrected chi connectivity index (χ1v) is 6.02. The highest BCUT2D eigenvalue weighted by atomic mass is 19.1. The van der Waals surface area contributed by atoms with E-state index >= 15 is 0 Å². The average molecular weight is 250 g/mol. The average Bonchev–Trinajstić information content (AvgIpc) is 2.46. The summed E-state index contributed by atoms with van der Waals surface area (Å²) in [5.41, 5.74) is 2.04. The second kappa shape index (κ2) is 4.65. The van der Waals surface area contributed by atoms with Gasteiger partial charge in [0.1, 0.15) is 5.82 Å². The number of carbonyl (C=O) groups is 1. The maximum absolute atomic E-state index is 13.1. The van der Waals surface area contributed by atoms with Crippen molar-refractivity contribution >= 4 is 17.1 Å². The fourth-order valence-electron chi connectivity index (χ4n) is 2.25. The summed E-state index contributed by atoms with van der Waals surface area (Å²) in [5.74, 6) is -0.397. The molecule has 0 amide bonds. The molecule has 0 aliphatic heterocycles. The van der Waals surface area contributed by atoms with Crippen LogP contribution in [0.4, 0.5) is 4.39 Å². The van der Waals surface area contributed by atoms with Gasteiger partial charge in [0.2, 0.25) is 0 Å². The predicted molar refractivity (Wildman–Crippen MR) is 74.7 cm³/mol. The number of hydrogen-bond acceptors (Lipinski definition) is 1. The Morgan fingerprint density at radius 3 is 2.42 bits per heavy atom. The topological polar surface area (TPSA) is 17.1 Å². The fraction of sp³-hybridized carbons (Fsp3) is 0. The molecule has 0 N–H and O–H groups in total. The second-order valence-corrected chi connectivity index (χ2v) is 4.41. The Bertz CT molecular complexity index is 762. The first kappa shape index (κ1) is 11.6. The van der Waals surface area contributed by atoms with E-state index in [1.54, 1.807) is 6.07 Å². The van der Waals surface area contributed by atoms with Crippen molar-refractivity contribution in [2.45, 2.75) is 0 Å². The quantitative estimate of drug-likeness (QED) is 0.614. The van der Waals surface area contributed by atoms with Crippen LogP contribution < -0.4 is 0 Å². The lowest BCUT2D eigenvalue weighted by Gasteiger charge is -2.07. The van der Waals surface area contributed by atoms with Crippen LogP contribution in [0.5, 0.6) is 0 Å². The van der Waals surface area contributed by atoms with Crippen LogP contribution in [0, 0.1) is 5.82 Å². The summed E-state index contributed by atoms with van der Waals surface area (Å²) in [6.07, 6.45) is 0.688. The van der Waals surface area contributed by atoms with Gasteiger partial charge in [-0.2, -0.15) is 0 Å². The lowest BCUT2D eigenvalue weighted by Crippen LogP contribution is -1.89. The van der Waals surface area contributed by atoms with Gasteiger partial charge in [-0.25, -0.2) is 4.39 Å². The molecular formula is C17H11FO. The normalized spacial score (nSPS) is 10.6. The van der Waals surface area contributed by atoms with Crippen LogP contribution >= 0.6 is 0 Å². The van der Waals surface area contributed by atoms with Gasteiger partial charge < -0.3 is 0 Å². The zero-order valence-electron chi connectivity index (χ0n) is 10.1. The maximum Gasteiger partial charge on any atom is 0.150 e. The molecule has 0 aromatic heterocycles. The minimum absolute atomic E-state index is 0.371. The molecule has 3 aromatic carbocycles. The lowest BCUT2D eigenvalue weighted by atomic mass is 9.97. The van der Waals surface area contributed by atoms with Gasteiger partial charge in [0, 0.05) is 5.56 Å². The maximum atomic E-state index is 13.1. The van der Waals surface area contributed by atoms with Gasteiger partial charge in [-0.1, -0.05) is 42.5 Å². The molecule has 0 saturated heterocycles. The first-order valence-electron chi connectivity index (χ1n) is 6.02. The van der Waals surface area contributed by atoms with Crippen molar-refractivity contribution in [2.75, 3.05) is 0 Å². The van der Waals surface area contributed by atoms with Crippen LogP contribution in [0.2, 0.25) is 0 Å². The minimum atomic E-state index is -0.397. The van der Waals surface area contributed by atoms with E-state index in [1.807, 2.05) is 42.5 Å². The van der Waals surface area contributed by atoms with Crippen molar-refractivity contribution in [1.29, 1.82) is 0 Å². The highest BCUT2D eigenvalue weighted by Crippen LogP contribution is 2.27. The van der Waals surface area contributed by atoms with Crippen LogP contribution in [0.15, 0.2) is 60.7 Å². The monoisotopic (exact) mass is 250 g/mol. The Balaban J connectivity index is 2.21.